The van der Waals surface area contributed by atoms with Crippen LogP contribution in [0, 0.1) is 5.92 Å². The SMILES string of the molecule is CCCC(C)OC(=O)Oc1ccc(C[C@H](NCC(C)OC(=O)CCC(C)C)C(=O)O)cc1OC(=O)OC(C)CCC. The van der Waals surface area contributed by atoms with E-state index in [1.165, 1.54) is 12.1 Å². The van der Waals surface area contributed by atoms with Crippen molar-refractivity contribution in [1.82, 2.24) is 5.32 Å². The molecule has 0 bridgehead atoms. The first-order chi connectivity index (χ1) is 19.3. The van der Waals surface area contributed by atoms with Gasteiger partial charge in [-0.15, -0.1) is 0 Å². The third-order valence-corrected chi connectivity index (χ3v) is 6.03. The molecular formula is C30H47NO10. The molecule has 3 unspecified atom stereocenters. The number of hydrogen-bond acceptors (Lipinski definition) is 10. The van der Waals surface area contributed by atoms with Gasteiger partial charge in [0.1, 0.15) is 24.4 Å². The largest absolute Gasteiger partial charge is 0.514 e. The summed E-state index contributed by atoms with van der Waals surface area (Å²) in [5.74, 6) is -1.28. The molecule has 232 valence electrons. The van der Waals surface area contributed by atoms with Gasteiger partial charge in [-0.25, -0.2) is 9.59 Å². The summed E-state index contributed by atoms with van der Waals surface area (Å²) in [7, 11) is 0. The molecule has 0 aliphatic heterocycles. The molecule has 1 rings (SSSR count). The standard InChI is InChI=1S/C30H47NO10/c1-8-10-20(5)38-29(35)40-25-14-13-23(17-26(25)41-30(36)39-21(6)11-9-2)16-24(28(33)34)31-18-22(7)37-27(32)15-12-19(3)4/h13-14,17,19-22,24,31H,8-12,15-16,18H2,1-7H3,(H,33,34)/t20?,21?,22?,24-/m0/s1. The van der Waals surface area contributed by atoms with Crippen LogP contribution in [-0.4, -0.2) is 60.3 Å². The minimum atomic E-state index is -1.12. The summed E-state index contributed by atoms with van der Waals surface area (Å²) in [6.45, 7) is 13.2. The van der Waals surface area contributed by atoms with Gasteiger partial charge in [0.05, 0.1) is 0 Å². The first kappa shape index (κ1) is 35.7. The molecule has 0 saturated heterocycles. The Kier molecular flexibility index (Phi) is 16.5. The number of carboxylic acids is 1. The normalized spacial score (nSPS) is 14.0. The average molecular weight is 582 g/mol. The lowest BCUT2D eigenvalue weighted by atomic mass is 10.0. The Bertz CT molecular complexity index is 980. The van der Waals surface area contributed by atoms with Crippen molar-refractivity contribution in [3.8, 4) is 11.5 Å². The van der Waals surface area contributed by atoms with Gasteiger partial charge in [0, 0.05) is 13.0 Å². The fraction of sp³-hybridized carbons (Fsp3) is 0.667. The van der Waals surface area contributed by atoms with Gasteiger partial charge in [-0.2, -0.15) is 0 Å². The van der Waals surface area contributed by atoms with Gasteiger partial charge in [-0.05, 0) is 70.1 Å². The molecule has 0 fully saturated rings. The van der Waals surface area contributed by atoms with Crippen molar-refractivity contribution in [1.29, 1.82) is 0 Å². The lowest BCUT2D eigenvalue weighted by molar-refractivity contribution is -0.148. The molecule has 2 N–H and O–H groups in total. The van der Waals surface area contributed by atoms with Crippen LogP contribution in [0.3, 0.4) is 0 Å². The zero-order valence-electron chi connectivity index (χ0n) is 25.4. The molecule has 11 heteroatoms. The van der Waals surface area contributed by atoms with Crippen LogP contribution in [0.15, 0.2) is 18.2 Å². The van der Waals surface area contributed by atoms with Crippen molar-refractivity contribution in [2.24, 2.45) is 5.92 Å². The highest BCUT2D eigenvalue weighted by Crippen LogP contribution is 2.30. The van der Waals surface area contributed by atoms with E-state index in [-0.39, 0.29) is 42.6 Å². The monoisotopic (exact) mass is 581 g/mol. The number of carbonyl (C=O) groups excluding carboxylic acids is 3. The van der Waals surface area contributed by atoms with E-state index < -0.39 is 30.4 Å². The summed E-state index contributed by atoms with van der Waals surface area (Å²) in [6, 6.07) is 3.33. The Balaban J connectivity index is 3.00. The van der Waals surface area contributed by atoms with Gasteiger partial charge >= 0.3 is 24.2 Å². The predicted molar refractivity (Wildman–Crippen MR) is 152 cm³/mol. The molecule has 0 spiro atoms. The molecule has 0 saturated carbocycles. The van der Waals surface area contributed by atoms with E-state index in [0.29, 0.717) is 37.2 Å². The van der Waals surface area contributed by atoms with Crippen LogP contribution in [-0.2, 0) is 30.2 Å². The van der Waals surface area contributed by atoms with Crippen LogP contribution < -0.4 is 14.8 Å². The summed E-state index contributed by atoms with van der Waals surface area (Å²) in [4.78, 5) is 48.7. The number of carboxylic acid groups (broad SMARTS) is 1. The molecule has 4 atom stereocenters. The van der Waals surface area contributed by atoms with Crippen LogP contribution >= 0.6 is 0 Å². The molecule has 0 heterocycles. The quantitative estimate of drug-likeness (QED) is 0.119. The second-order valence-corrected chi connectivity index (χ2v) is 10.7. The van der Waals surface area contributed by atoms with Gasteiger partial charge in [0.15, 0.2) is 11.5 Å². The van der Waals surface area contributed by atoms with Crippen LogP contribution in [0.25, 0.3) is 0 Å². The fourth-order valence-corrected chi connectivity index (χ4v) is 3.85. The maximum Gasteiger partial charge on any atom is 0.514 e. The van der Waals surface area contributed by atoms with E-state index in [1.807, 2.05) is 27.7 Å². The van der Waals surface area contributed by atoms with Crippen molar-refractivity contribution < 1.29 is 48.0 Å². The highest BCUT2D eigenvalue weighted by molar-refractivity contribution is 5.74. The molecule has 11 nitrogen and oxygen atoms in total. The summed E-state index contributed by atoms with van der Waals surface area (Å²) in [6.07, 6.45) is 0.684. The number of carbonyl (C=O) groups is 4. The summed E-state index contributed by atoms with van der Waals surface area (Å²) in [5.41, 5.74) is 0.482. The van der Waals surface area contributed by atoms with E-state index in [4.69, 9.17) is 23.7 Å². The first-order valence-corrected chi connectivity index (χ1v) is 14.4. The molecular weight excluding hydrogens is 534 g/mol. The molecule has 0 amide bonds. The number of hydrogen-bond donors (Lipinski definition) is 2. The minimum Gasteiger partial charge on any atom is -0.480 e. The van der Waals surface area contributed by atoms with Crippen LogP contribution in [0.1, 0.15) is 92.6 Å². The number of esters is 1. The number of nitrogens with one attached hydrogen (secondary N) is 1. The maximum absolute atomic E-state index is 12.4. The summed E-state index contributed by atoms with van der Waals surface area (Å²) >= 11 is 0. The lowest BCUT2D eigenvalue weighted by Crippen LogP contribution is -2.42. The highest BCUT2D eigenvalue weighted by Gasteiger charge is 2.23. The zero-order valence-corrected chi connectivity index (χ0v) is 25.4. The summed E-state index contributed by atoms with van der Waals surface area (Å²) in [5, 5.41) is 12.7. The van der Waals surface area contributed by atoms with Crippen LogP contribution in [0.4, 0.5) is 9.59 Å². The average Bonchev–Trinajstić information content (AvgIpc) is 2.86. The second-order valence-electron chi connectivity index (χ2n) is 10.7. The number of aliphatic carboxylic acids is 1. The maximum atomic E-state index is 12.4. The lowest BCUT2D eigenvalue weighted by Gasteiger charge is -2.20. The number of ether oxygens (including phenoxy) is 5. The van der Waals surface area contributed by atoms with Crippen LogP contribution in [0.5, 0.6) is 11.5 Å². The first-order valence-electron chi connectivity index (χ1n) is 14.4. The number of rotatable bonds is 18. The third kappa shape index (κ3) is 15.3. The summed E-state index contributed by atoms with van der Waals surface area (Å²) < 4.78 is 26.5. The van der Waals surface area contributed by atoms with Gasteiger partial charge in [-0.3, -0.25) is 9.59 Å². The molecule has 0 aliphatic carbocycles. The van der Waals surface area contributed by atoms with E-state index >= 15 is 0 Å². The Morgan fingerprint density at radius 2 is 1.34 bits per heavy atom. The van der Waals surface area contributed by atoms with Gasteiger partial charge in [0.2, 0.25) is 0 Å². The Hall–Kier alpha value is -3.34. The van der Waals surface area contributed by atoms with E-state index in [9.17, 15) is 24.3 Å². The smallest absolute Gasteiger partial charge is 0.480 e. The molecule has 1 aromatic rings. The third-order valence-electron chi connectivity index (χ3n) is 6.03. The van der Waals surface area contributed by atoms with Crippen LogP contribution in [0.2, 0.25) is 0 Å². The van der Waals surface area contributed by atoms with Crippen molar-refractivity contribution >= 4 is 24.2 Å². The minimum absolute atomic E-state index is 0.000739. The topological polar surface area (TPSA) is 147 Å². The van der Waals surface area contributed by atoms with Crippen molar-refractivity contribution in [2.45, 2.75) is 118 Å². The molecule has 0 radical (unpaired) electrons. The van der Waals surface area contributed by atoms with Gasteiger partial charge in [0.25, 0.3) is 0 Å². The van der Waals surface area contributed by atoms with Crippen molar-refractivity contribution in [3.05, 3.63) is 23.8 Å². The molecule has 1 aromatic carbocycles. The van der Waals surface area contributed by atoms with Crippen molar-refractivity contribution in [2.75, 3.05) is 6.54 Å². The molecule has 0 aromatic heterocycles. The second kappa shape index (κ2) is 18.9. The van der Waals surface area contributed by atoms with Gasteiger partial charge < -0.3 is 34.1 Å². The highest BCUT2D eigenvalue weighted by atomic mass is 16.7. The van der Waals surface area contributed by atoms with E-state index in [0.717, 1.165) is 12.8 Å². The number of benzene rings is 1. The zero-order chi connectivity index (χ0) is 30.9. The predicted octanol–water partition coefficient (Wildman–Crippen LogP) is 6.05. The Morgan fingerprint density at radius 3 is 1.85 bits per heavy atom. The van der Waals surface area contributed by atoms with Crippen molar-refractivity contribution in [3.63, 3.8) is 0 Å². The van der Waals surface area contributed by atoms with Gasteiger partial charge in [-0.1, -0.05) is 46.6 Å². The Labute approximate surface area is 243 Å². The molecule has 0 aliphatic rings. The molecule has 41 heavy (non-hydrogen) atoms. The Morgan fingerprint density at radius 1 is 0.780 bits per heavy atom. The van der Waals surface area contributed by atoms with E-state index in [2.05, 4.69) is 5.32 Å². The van der Waals surface area contributed by atoms with E-state index in [1.54, 1.807) is 26.8 Å². The fourth-order valence-electron chi connectivity index (χ4n) is 3.85.